The van der Waals surface area contributed by atoms with Crippen molar-refractivity contribution < 1.29 is 18.6 Å². The lowest BCUT2D eigenvalue weighted by Crippen LogP contribution is -2.00. The van der Waals surface area contributed by atoms with Gasteiger partial charge in [0.25, 0.3) is 0 Å². The van der Waals surface area contributed by atoms with Crippen LogP contribution in [-0.4, -0.2) is 18.3 Å². The first kappa shape index (κ1) is 12.2. The quantitative estimate of drug-likeness (QED) is 0.629. The second kappa shape index (κ2) is 5.88. The molecule has 1 aromatic carbocycles. The summed E-state index contributed by atoms with van der Waals surface area (Å²) < 4.78 is 30.8. The fraction of sp³-hybridized carbons (Fsp3) is 0.400. The molecule has 5 heteroatoms. The molecule has 84 valence electrons. The van der Waals surface area contributed by atoms with Crippen LogP contribution in [0, 0.1) is 11.6 Å². The van der Waals surface area contributed by atoms with Crippen molar-refractivity contribution in [2.45, 2.75) is 12.8 Å². The van der Waals surface area contributed by atoms with Crippen molar-refractivity contribution in [1.29, 1.82) is 0 Å². The highest BCUT2D eigenvalue weighted by Crippen LogP contribution is 2.28. The summed E-state index contributed by atoms with van der Waals surface area (Å²) in [6.07, 6.45) is 1.18. The van der Waals surface area contributed by atoms with E-state index in [0.717, 1.165) is 6.07 Å². The summed E-state index contributed by atoms with van der Waals surface area (Å²) in [5, 5.41) is 8.28. The number of aliphatic hydroxyl groups is 1. The largest absolute Gasteiger partial charge is 0.492 e. The zero-order valence-electron chi connectivity index (χ0n) is 7.97. The van der Waals surface area contributed by atoms with Gasteiger partial charge in [-0.15, -0.1) is 0 Å². The molecule has 0 spiro atoms. The van der Waals surface area contributed by atoms with Crippen LogP contribution in [-0.2, 0) is 0 Å². The molecule has 0 unspecified atom stereocenters. The van der Waals surface area contributed by atoms with Gasteiger partial charge in [-0.2, -0.15) is 0 Å². The zero-order chi connectivity index (χ0) is 11.3. The number of unbranched alkanes of at least 4 members (excludes halogenated alkanes) is 1. The Morgan fingerprint density at radius 3 is 2.67 bits per heavy atom. The Morgan fingerprint density at radius 2 is 2.00 bits per heavy atom. The van der Waals surface area contributed by atoms with Gasteiger partial charge in [0.1, 0.15) is 22.4 Å². The van der Waals surface area contributed by atoms with E-state index >= 15 is 0 Å². The van der Waals surface area contributed by atoms with Crippen molar-refractivity contribution in [3.8, 4) is 5.75 Å². The molecule has 1 aromatic rings. The maximum atomic E-state index is 12.9. The number of benzene rings is 1. The molecule has 2 nitrogen and oxygen atoms in total. The molecule has 15 heavy (non-hydrogen) atoms. The molecule has 0 saturated carbocycles. The minimum Gasteiger partial charge on any atom is -0.492 e. The fourth-order valence-electron chi connectivity index (χ4n) is 1.03. The smallest absolute Gasteiger partial charge is 0.148 e. The second-order valence-electron chi connectivity index (χ2n) is 2.98. The summed E-state index contributed by atoms with van der Waals surface area (Å²) in [5.41, 5.74) is 0. The molecule has 0 aromatic heterocycles. The average molecular weight is 237 g/mol. The van der Waals surface area contributed by atoms with Gasteiger partial charge in [0.15, 0.2) is 0 Å². The van der Waals surface area contributed by atoms with Crippen LogP contribution in [0.2, 0.25) is 5.02 Å². The summed E-state index contributed by atoms with van der Waals surface area (Å²) in [7, 11) is 0. The van der Waals surface area contributed by atoms with Crippen LogP contribution < -0.4 is 4.74 Å². The third-order valence-corrected chi connectivity index (χ3v) is 2.14. The maximum Gasteiger partial charge on any atom is 0.148 e. The molecular formula is C10H11ClF2O2. The number of hydrogen-bond acceptors (Lipinski definition) is 2. The Bertz CT molecular complexity index is 331. The molecule has 0 aliphatic carbocycles. The van der Waals surface area contributed by atoms with Crippen molar-refractivity contribution in [3.63, 3.8) is 0 Å². The molecule has 1 N–H and O–H groups in total. The Hall–Kier alpha value is -0.870. The highest BCUT2D eigenvalue weighted by atomic mass is 35.5. The highest BCUT2D eigenvalue weighted by Gasteiger charge is 2.09. The lowest BCUT2D eigenvalue weighted by atomic mass is 10.3. The fourth-order valence-corrected chi connectivity index (χ4v) is 1.20. The molecule has 0 amide bonds. The van der Waals surface area contributed by atoms with Gasteiger partial charge in [0, 0.05) is 18.7 Å². The summed E-state index contributed by atoms with van der Waals surface area (Å²) in [6.45, 7) is 0.331. The van der Waals surface area contributed by atoms with Crippen LogP contribution in [0.5, 0.6) is 5.75 Å². The van der Waals surface area contributed by atoms with Crippen molar-refractivity contribution in [2.75, 3.05) is 13.2 Å². The second-order valence-corrected chi connectivity index (χ2v) is 3.36. The van der Waals surface area contributed by atoms with Gasteiger partial charge < -0.3 is 9.84 Å². The van der Waals surface area contributed by atoms with Gasteiger partial charge in [0.2, 0.25) is 0 Å². The standard InChI is InChI=1S/C10H11ClF2O2/c11-10-8(13)5-7(12)6-9(10)15-4-2-1-3-14/h5-6,14H,1-4H2. The Labute approximate surface area is 91.4 Å². The van der Waals surface area contributed by atoms with Gasteiger partial charge in [-0.25, -0.2) is 8.78 Å². The number of aliphatic hydroxyl groups excluding tert-OH is 1. The summed E-state index contributed by atoms with van der Waals surface area (Å²) in [4.78, 5) is 0. The summed E-state index contributed by atoms with van der Waals surface area (Å²) in [6, 6.07) is 1.73. The van der Waals surface area contributed by atoms with Crippen LogP contribution in [0.15, 0.2) is 12.1 Å². The maximum absolute atomic E-state index is 12.9. The molecule has 1 rings (SSSR count). The van der Waals surface area contributed by atoms with Gasteiger partial charge in [-0.05, 0) is 12.8 Å². The molecule has 0 heterocycles. The van der Waals surface area contributed by atoms with E-state index in [9.17, 15) is 8.78 Å². The Balaban J connectivity index is 2.60. The minimum atomic E-state index is -0.839. The highest BCUT2D eigenvalue weighted by molar-refractivity contribution is 6.32. The molecule has 0 bridgehead atoms. The van der Waals surface area contributed by atoms with E-state index < -0.39 is 11.6 Å². The summed E-state index contributed by atoms with van der Waals surface area (Å²) in [5.74, 6) is -1.57. The van der Waals surface area contributed by atoms with Gasteiger partial charge in [-0.3, -0.25) is 0 Å². The van der Waals surface area contributed by atoms with Gasteiger partial charge in [-0.1, -0.05) is 11.6 Å². The van der Waals surface area contributed by atoms with E-state index in [-0.39, 0.29) is 24.0 Å². The number of hydrogen-bond donors (Lipinski definition) is 1. The number of rotatable bonds is 5. The zero-order valence-corrected chi connectivity index (χ0v) is 8.73. The van der Waals surface area contributed by atoms with E-state index in [1.54, 1.807) is 0 Å². The first-order valence-corrected chi connectivity index (χ1v) is 4.91. The molecule has 0 atom stereocenters. The molecular weight excluding hydrogens is 226 g/mol. The Morgan fingerprint density at radius 1 is 1.27 bits per heavy atom. The molecule has 0 fully saturated rings. The normalized spacial score (nSPS) is 10.4. The van der Waals surface area contributed by atoms with Crippen molar-refractivity contribution >= 4 is 11.6 Å². The van der Waals surface area contributed by atoms with Crippen LogP contribution >= 0.6 is 11.6 Å². The van der Waals surface area contributed by atoms with Crippen molar-refractivity contribution in [3.05, 3.63) is 28.8 Å². The first-order valence-electron chi connectivity index (χ1n) is 4.53. The topological polar surface area (TPSA) is 29.5 Å². The third-order valence-electron chi connectivity index (χ3n) is 1.77. The summed E-state index contributed by atoms with van der Waals surface area (Å²) >= 11 is 5.56. The predicted octanol–water partition coefficient (Wildman–Crippen LogP) is 2.77. The van der Waals surface area contributed by atoms with Crippen molar-refractivity contribution in [2.24, 2.45) is 0 Å². The van der Waals surface area contributed by atoms with E-state index in [2.05, 4.69) is 0 Å². The average Bonchev–Trinajstić information content (AvgIpc) is 2.19. The van der Waals surface area contributed by atoms with E-state index in [4.69, 9.17) is 21.4 Å². The first-order chi connectivity index (χ1) is 7.15. The number of ether oxygens (including phenoxy) is 1. The molecule has 0 radical (unpaired) electrons. The molecule has 0 aliphatic heterocycles. The lowest BCUT2D eigenvalue weighted by Gasteiger charge is -2.08. The van der Waals surface area contributed by atoms with E-state index in [0.29, 0.717) is 18.9 Å². The SMILES string of the molecule is OCCCCOc1cc(F)cc(F)c1Cl. The lowest BCUT2D eigenvalue weighted by molar-refractivity contribution is 0.252. The predicted molar refractivity (Wildman–Crippen MR) is 53.2 cm³/mol. The third kappa shape index (κ3) is 3.64. The Kier molecular flexibility index (Phi) is 4.78. The van der Waals surface area contributed by atoms with Gasteiger partial charge in [0.05, 0.1) is 6.61 Å². The van der Waals surface area contributed by atoms with E-state index in [1.165, 1.54) is 0 Å². The van der Waals surface area contributed by atoms with Gasteiger partial charge >= 0.3 is 0 Å². The van der Waals surface area contributed by atoms with Crippen molar-refractivity contribution in [1.82, 2.24) is 0 Å². The van der Waals surface area contributed by atoms with Crippen LogP contribution in [0.25, 0.3) is 0 Å². The number of halogens is 3. The monoisotopic (exact) mass is 236 g/mol. The molecule has 0 saturated heterocycles. The molecule has 0 aliphatic rings. The van der Waals surface area contributed by atoms with Crippen LogP contribution in [0.3, 0.4) is 0 Å². The van der Waals surface area contributed by atoms with Crippen LogP contribution in [0.4, 0.5) is 8.78 Å². The van der Waals surface area contributed by atoms with Crippen LogP contribution in [0.1, 0.15) is 12.8 Å². The van der Waals surface area contributed by atoms with E-state index in [1.807, 2.05) is 0 Å². The minimum absolute atomic E-state index is 0.00731.